The molecule has 0 heterocycles. The van der Waals surface area contributed by atoms with Gasteiger partial charge in [-0.2, -0.15) is 0 Å². The minimum absolute atomic E-state index is 0.336. The van der Waals surface area contributed by atoms with Crippen LogP contribution in [-0.4, -0.2) is 8.80 Å². The van der Waals surface area contributed by atoms with Crippen molar-refractivity contribution in [1.82, 2.24) is 0 Å². The molecule has 0 aromatic heterocycles. The summed E-state index contributed by atoms with van der Waals surface area (Å²) in [6.07, 6.45) is 13.7. The zero-order valence-electron chi connectivity index (χ0n) is 9.52. The second kappa shape index (κ2) is 6.64. The van der Waals surface area contributed by atoms with E-state index in [1.807, 2.05) is 0 Å². The molecule has 1 aliphatic rings. The zero-order valence-corrected chi connectivity index (χ0v) is 10.7. The summed E-state index contributed by atoms with van der Waals surface area (Å²) in [6, 6.07) is 0. The van der Waals surface area contributed by atoms with E-state index in [1.54, 1.807) is 12.8 Å². The topological polar surface area (TPSA) is 0 Å². The highest BCUT2D eigenvalue weighted by atomic mass is 28.3. The van der Waals surface area contributed by atoms with Gasteiger partial charge in [-0.25, -0.2) is 0 Å². The molecular formula is C12H26Si. The molecule has 0 N–H and O–H groups in total. The number of hydrogen-bond donors (Lipinski definition) is 0. The van der Waals surface area contributed by atoms with Crippen molar-refractivity contribution in [2.45, 2.75) is 76.4 Å². The Kier molecular flexibility index (Phi) is 5.77. The average molecular weight is 198 g/mol. The van der Waals surface area contributed by atoms with Gasteiger partial charge in [0, 0.05) is 8.80 Å². The molecule has 0 atom stereocenters. The molecule has 0 nitrogen and oxygen atoms in total. The minimum Gasteiger partial charge on any atom is -0.0720 e. The monoisotopic (exact) mass is 198 g/mol. The van der Waals surface area contributed by atoms with Crippen LogP contribution < -0.4 is 0 Å². The third-order valence-electron chi connectivity index (χ3n) is 3.59. The predicted octanol–water partition coefficient (Wildman–Crippen LogP) is 4.37. The first kappa shape index (κ1) is 11.3. The molecule has 0 amide bonds. The van der Waals surface area contributed by atoms with E-state index in [1.165, 1.54) is 44.9 Å². The van der Waals surface area contributed by atoms with Gasteiger partial charge < -0.3 is 0 Å². The molecule has 0 saturated heterocycles. The van der Waals surface area contributed by atoms with Crippen molar-refractivity contribution in [2.75, 3.05) is 0 Å². The van der Waals surface area contributed by atoms with E-state index >= 15 is 0 Å². The molecule has 0 radical (unpaired) electrons. The molecule has 1 saturated carbocycles. The lowest BCUT2D eigenvalue weighted by atomic mass is 10.0. The van der Waals surface area contributed by atoms with Gasteiger partial charge in [-0.05, 0) is 5.54 Å². The Morgan fingerprint density at radius 1 is 0.692 bits per heavy atom. The first-order chi connectivity index (χ1) is 6.30. The van der Waals surface area contributed by atoms with Crippen LogP contribution in [-0.2, 0) is 0 Å². The lowest BCUT2D eigenvalue weighted by molar-refractivity contribution is 0.500. The standard InChI is InChI=1S/C12H26Si/c1-13(2)12-10-8-6-4-3-5-7-9-11-12/h12-13H,3-11H2,1-2H3. The van der Waals surface area contributed by atoms with Gasteiger partial charge in [0.2, 0.25) is 0 Å². The van der Waals surface area contributed by atoms with Gasteiger partial charge >= 0.3 is 0 Å². The summed E-state index contributed by atoms with van der Waals surface area (Å²) >= 11 is 0. The van der Waals surface area contributed by atoms with Gasteiger partial charge in [0.25, 0.3) is 0 Å². The largest absolute Gasteiger partial charge is 0.0720 e. The highest BCUT2D eigenvalue weighted by molar-refractivity contribution is 6.57. The Morgan fingerprint density at radius 2 is 1.08 bits per heavy atom. The summed E-state index contributed by atoms with van der Waals surface area (Å²) in [5.74, 6) is 0. The predicted molar refractivity (Wildman–Crippen MR) is 64.2 cm³/mol. The molecule has 1 aliphatic carbocycles. The van der Waals surface area contributed by atoms with Crippen LogP contribution in [0.4, 0.5) is 0 Å². The molecular weight excluding hydrogens is 172 g/mol. The van der Waals surface area contributed by atoms with E-state index in [4.69, 9.17) is 0 Å². The zero-order chi connectivity index (χ0) is 9.52. The smallest absolute Gasteiger partial charge is 0.0337 e. The van der Waals surface area contributed by atoms with E-state index in [0.29, 0.717) is 0 Å². The van der Waals surface area contributed by atoms with Crippen LogP contribution in [0.3, 0.4) is 0 Å². The van der Waals surface area contributed by atoms with Crippen molar-refractivity contribution < 1.29 is 0 Å². The van der Waals surface area contributed by atoms with Crippen LogP contribution in [0.15, 0.2) is 0 Å². The summed E-state index contributed by atoms with van der Waals surface area (Å²) in [4.78, 5) is 0. The van der Waals surface area contributed by atoms with Crippen molar-refractivity contribution in [3.63, 3.8) is 0 Å². The van der Waals surface area contributed by atoms with Crippen LogP contribution in [0.25, 0.3) is 0 Å². The molecule has 0 spiro atoms. The Hall–Kier alpha value is 0.217. The van der Waals surface area contributed by atoms with E-state index in [9.17, 15) is 0 Å². The van der Waals surface area contributed by atoms with E-state index < -0.39 is 0 Å². The SMILES string of the molecule is C[SiH](C)C1CCCCCCCCC1. The van der Waals surface area contributed by atoms with Gasteiger partial charge in [-0.1, -0.05) is 70.9 Å². The fourth-order valence-electron chi connectivity index (χ4n) is 2.51. The Morgan fingerprint density at radius 3 is 1.46 bits per heavy atom. The maximum atomic E-state index is 2.54. The molecule has 0 aliphatic heterocycles. The van der Waals surface area contributed by atoms with Crippen LogP contribution in [0, 0.1) is 0 Å². The maximum Gasteiger partial charge on any atom is 0.0337 e. The minimum atomic E-state index is -0.336. The summed E-state index contributed by atoms with van der Waals surface area (Å²) in [5.41, 5.74) is 1.16. The van der Waals surface area contributed by atoms with Crippen LogP contribution >= 0.6 is 0 Å². The first-order valence-corrected chi connectivity index (χ1v) is 9.28. The highest BCUT2D eigenvalue weighted by Gasteiger charge is 2.14. The van der Waals surface area contributed by atoms with E-state index in [-0.39, 0.29) is 8.80 Å². The Balaban J connectivity index is 2.26. The van der Waals surface area contributed by atoms with Gasteiger partial charge in [0.05, 0.1) is 0 Å². The summed E-state index contributed by atoms with van der Waals surface area (Å²) < 4.78 is 0. The maximum absolute atomic E-state index is 2.54. The van der Waals surface area contributed by atoms with Crippen molar-refractivity contribution in [3.8, 4) is 0 Å². The molecule has 1 heteroatoms. The molecule has 1 rings (SSSR count). The lowest BCUT2D eigenvalue weighted by Crippen LogP contribution is -2.12. The van der Waals surface area contributed by atoms with Crippen molar-refractivity contribution in [1.29, 1.82) is 0 Å². The first-order valence-electron chi connectivity index (χ1n) is 6.30. The normalized spacial score (nSPS) is 23.3. The van der Waals surface area contributed by atoms with E-state index in [0.717, 1.165) is 5.54 Å². The van der Waals surface area contributed by atoms with E-state index in [2.05, 4.69) is 13.1 Å². The van der Waals surface area contributed by atoms with Gasteiger partial charge in [-0.15, -0.1) is 0 Å². The van der Waals surface area contributed by atoms with Crippen molar-refractivity contribution in [2.24, 2.45) is 0 Å². The van der Waals surface area contributed by atoms with Crippen LogP contribution in [0.5, 0.6) is 0 Å². The van der Waals surface area contributed by atoms with Crippen LogP contribution in [0.2, 0.25) is 18.6 Å². The van der Waals surface area contributed by atoms with Gasteiger partial charge in [0.15, 0.2) is 0 Å². The molecule has 78 valence electrons. The average Bonchev–Trinajstić information content (AvgIpc) is 2.14. The molecule has 1 fully saturated rings. The number of rotatable bonds is 1. The second-order valence-corrected chi connectivity index (χ2v) is 8.49. The quantitative estimate of drug-likeness (QED) is 0.549. The third-order valence-corrected chi connectivity index (χ3v) is 6.14. The Bertz CT molecular complexity index is 110. The third kappa shape index (κ3) is 4.85. The number of hydrogen-bond acceptors (Lipinski definition) is 0. The van der Waals surface area contributed by atoms with Crippen molar-refractivity contribution >= 4 is 8.80 Å². The molecule has 0 unspecified atom stereocenters. The highest BCUT2D eigenvalue weighted by Crippen LogP contribution is 2.27. The summed E-state index contributed by atoms with van der Waals surface area (Å²) in [5, 5.41) is 0. The lowest BCUT2D eigenvalue weighted by Gasteiger charge is -2.20. The molecule has 0 bridgehead atoms. The summed E-state index contributed by atoms with van der Waals surface area (Å²) in [6.45, 7) is 5.08. The van der Waals surface area contributed by atoms with Gasteiger partial charge in [-0.3, -0.25) is 0 Å². The second-order valence-electron chi connectivity index (χ2n) is 5.06. The van der Waals surface area contributed by atoms with Crippen LogP contribution in [0.1, 0.15) is 57.8 Å². The van der Waals surface area contributed by atoms with Gasteiger partial charge in [0.1, 0.15) is 0 Å². The fraction of sp³-hybridized carbons (Fsp3) is 1.00. The Labute approximate surface area is 85.7 Å². The molecule has 0 aromatic rings. The molecule has 13 heavy (non-hydrogen) atoms. The summed E-state index contributed by atoms with van der Waals surface area (Å²) in [7, 11) is -0.336. The van der Waals surface area contributed by atoms with Crippen molar-refractivity contribution in [3.05, 3.63) is 0 Å². The molecule has 0 aromatic carbocycles. The fourth-order valence-corrected chi connectivity index (χ4v) is 4.31.